The van der Waals surface area contributed by atoms with Gasteiger partial charge >= 0.3 is 0 Å². The quantitative estimate of drug-likeness (QED) is 0.695. The lowest BCUT2D eigenvalue weighted by Gasteiger charge is -2.37. The molecule has 0 bridgehead atoms. The zero-order valence-corrected chi connectivity index (χ0v) is 18.0. The van der Waals surface area contributed by atoms with Gasteiger partial charge in [-0.1, -0.05) is 0 Å². The minimum atomic E-state index is -3.90. The number of carbonyl (C=O) groups is 1. The molecule has 4 rings (SSSR count). The third-order valence-electron chi connectivity index (χ3n) is 6.02. The molecule has 1 atom stereocenters. The molecule has 166 valence electrons. The van der Waals surface area contributed by atoms with Crippen LogP contribution in [0.2, 0.25) is 0 Å². The highest BCUT2D eigenvalue weighted by Gasteiger charge is 2.28. The Morgan fingerprint density at radius 3 is 2.43 bits per heavy atom. The van der Waals surface area contributed by atoms with Crippen molar-refractivity contribution in [1.29, 1.82) is 0 Å². The smallest absolute Gasteiger partial charge is 0.256 e. The van der Waals surface area contributed by atoms with Gasteiger partial charge in [0.1, 0.15) is 0 Å². The van der Waals surface area contributed by atoms with Crippen LogP contribution in [0.15, 0.2) is 23.1 Å². The number of morpholine rings is 1. The Kier molecular flexibility index (Phi) is 6.59. The number of amides is 1. The van der Waals surface area contributed by atoms with E-state index in [0.29, 0.717) is 51.1 Å². The number of carbonyl (C=O) groups excluding carboxylic acids is 1. The average Bonchev–Trinajstić information content (AvgIpc) is 3.26. The van der Waals surface area contributed by atoms with Crippen molar-refractivity contribution in [2.45, 2.75) is 23.8 Å². The molecule has 10 heteroatoms. The molecular weight excluding hydrogens is 408 g/mol. The molecule has 2 N–H and O–H groups in total. The third kappa shape index (κ3) is 4.94. The van der Waals surface area contributed by atoms with E-state index in [2.05, 4.69) is 9.80 Å². The molecule has 1 amide bonds. The van der Waals surface area contributed by atoms with E-state index < -0.39 is 10.0 Å². The molecule has 0 radical (unpaired) electrons. The number of anilines is 1. The molecule has 3 aliphatic rings. The second kappa shape index (κ2) is 9.19. The SMILES string of the molecule is NS(=O)(=O)c1ccc(N2CCOCC2)c(C(=O)N2CCN(C[C@@H]3CCCO3)CC2)c1. The van der Waals surface area contributed by atoms with Crippen molar-refractivity contribution in [1.82, 2.24) is 9.80 Å². The highest BCUT2D eigenvalue weighted by molar-refractivity contribution is 7.89. The van der Waals surface area contributed by atoms with Gasteiger partial charge in [0.25, 0.3) is 5.91 Å². The summed E-state index contributed by atoms with van der Waals surface area (Å²) in [6.45, 7) is 6.99. The molecule has 1 aromatic rings. The van der Waals surface area contributed by atoms with Crippen LogP contribution in [0.5, 0.6) is 0 Å². The molecule has 9 nitrogen and oxygen atoms in total. The first-order valence-electron chi connectivity index (χ1n) is 10.5. The van der Waals surface area contributed by atoms with E-state index in [1.807, 2.05) is 0 Å². The van der Waals surface area contributed by atoms with E-state index in [-0.39, 0.29) is 10.8 Å². The van der Waals surface area contributed by atoms with Crippen molar-refractivity contribution < 1.29 is 22.7 Å². The normalized spacial score (nSPS) is 23.7. The molecule has 0 spiro atoms. The molecular formula is C20H30N4O5S. The Morgan fingerprint density at radius 2 is 1.80 bits per heavy atom. The lowest BCUT2D eigenvalue weighted by atomic mass is 10.1. The van der Waals surface area contributed by atoms with Crippen molar-refractivity contribution >= 4 is 21.6 Å². The standard InChI is InChI=1S/C20H30N4O5S/c21-30(26,27)17-3-4-19(23-9-12-28-13-10-23)18(14-17)20(25)24-7-5-22(6-8-24)15-16-2-1-11-29-16/h3-4,14,16H,1-2,5-13,15H2,(H2,21,26,27)/t16-/m0/s1. The largest absolute Gasteiger partial charge is 0.378 e. The Morgan fingerprint density at radius 1 is 1.07 bits per heavy atom. The summed E-state index contributed by atoms with van der Waals surface area (Å²) in [5, 5.41) is 5.32. The van der Waals surface area contributed by atoms with Gasteiger partial charge in [-0.25, -0.2) is 13.6 Å². The Labute approximate surface area is 177 Å². The predicted octanol–water partition coefficient (Wildman–Crippen LogP) is 0.107. The second-order valence-electron chi connectivity index (χ2n) is 8.05. The van der Waals surface area contributed by atoms with Gasteiger partial charge in [-0.2, -0.15) is 0 Å². The van der Waals surface area contributed by atoms with E-state index in [1.54, 1.807) is 11.0 Å². The summed E-state index contributed by atoms with van der Waals surface area (Å²) in [7, 11) is -3.90. The first-order chi connectivity index (χ1) is 14.4. The molecule has 3 aliphatic heterocycles. The van der Waals surface area contributed by atoms with Gasteiger partial charge < -0.3 is 19.3 Å². The van der Waals surface area contributed by atoms with Gasteiger partial charge in [-0.15, -0.1) is 0 Å². The van der Waals surface area contributed by atoms with E-state index in [4.69, 9.17) is 14.6 Å². The molecule has 3 heterocycles. The van der Waals surface area contributed by atoms with Gasteiger partial charge in [0, 0.05) is 58.1 Å². The fourth-order valence-electron chi connectivity index (χ4n) is 4.32. The van der Waals surface area contributed by atoms with Crippen molar-refractivity contribution in [3.8, 4) is 0 Å². The maximum atomic E-state index is 13.4. The van der Waals surface area contributed by atoms with Crippen LogP contribution >= 0.6 is 0 Å². The topological polar surface area (TPSA) is 105 Å². The Hall–Kier alpha value is -1.72. The van der Waals surface area contributed by atoms with Crippen molar-refractivity contribution in [2.75, 3.05) is 70.5 Å². The lowest BCUT2D eigenvalue weighted by molar-refractivity contribution is 0.0432. The van der Waals surface area contributed by atoms with Gasteiger partial charge in [0.2, 0.25) is 10.0 Å². The first-order valence-corrected chi connectivity index (χ1v) is 12.1. The van der Waals surface area contributed by atoms with Crippen LogP contribution in [0, 0.1) is 0 Å². The summed E-state index contributed by atoms with van der Waals surface area (Å²) >= 11 is 0. The molecule has 0 unspecified atom stereocenters. The van der Waals surface area contributed by atoms with Crippen molar-refractivity contribution in [3.63, 3.8) is 0 Å². The average molecular weight is 439 g/mol. The first kappa shape index (κ1) is 21.5. The zero-order chi connectivity index (χ0) is 21.1. The molecule has 1 aromatic carbocycles. The van der Waals surface area contributed by atoms with Crippen LogP contribution in [-0.4, -0.2) is 95.9 Å². The van der Waals surface area contributed by atoms with Crippen LogP contribution in [0.3, 0.4) is 0 Å². The maximum Gasteiger partial charge on any atom is 0.256 e. The summed E-state index contributed by atoms with van der Waals surface area (Å²) in [6, 6.07) is 4.57. The van der Waals surface area contributed by atoms with Crippen LogP contribution in [0.25, 0.3) is 0 Å². The molecule has 0 saturated carbocycles. The second-order valence-corrected chi connectivity index (χ2v) is 9.61. The summed E-state index contributed by atoms with van der Waals surface area (Å²) in [5.74, 6) is -0.154. The number of ether oxygens (including phenoxy) is 2. The summed E-state index contributed by atoms with van der Waals surface area (Å²) in [4.78, 5) is 19.5. The van der Waals surface area contributed by atoms with Crippen molar-refractivity contribution in [2.24, 2.45) is 5.14 Å². The molecule has 3 saturated heterocycles. The maximum absolute atomic E-state index is 13.4. The van der Waals surface area contributed by atoms with E-state index in [1.165, 1.54) is 12.1 Å². The Bertz CT molecular complexity index is 858. The number of benzene rings is 1. The number of rotatable bonds is 5. The molecule has 0 aliphatic carbocycles. The van der Waals surface area contributed by atoms with Crippen LogP contribution in [0.1, 0.15) is 23.2 Å². The zero-order valence-electron chi connectivity index (χ0n) is 17.2. The monoisotopic (exact) mass is 438 g/mol. The van der Waals surface area contributed by atoms with E-state index in [9.17, 15) is 13.2 Å². The summed E-state index contributed by atoms with van der Waals surface area (Å²) in [5.41, 5.74) is 1.12. The number of nitrogens with two attached hydrogens (primary N) is 1. The number of piperazine rings is 1. The summed E-state index contributed by atoms with van der Waals surface area (Å²) < 4.78 is 34.9. The molecule has 3 fully saturated rings. The Balaban J connectivity index is 1.50. The fourth-order valence-corrected chi connectivity index (χ4v) is 4.86. The minimum absolute atomic E-state index is 0.0418. The van der Waals surface area contributed by atoms with E-state index in [0.717, 1.165) is 44.8 Å². The van der Waals surface area contributed by atoms with Crippen LogP contribution in [0.4, 0.5) is 5.69 Å². The third-order valence-corrected chi connectivity index (χ3v) is 6.94. The minimum Gasteiger partial charge on any atom is -0.378 e. The lowest BCUT2D eigenvalue weighted by Crippen LogP contribution is -2.50. The molecule has 0 aromatic heterocycles. The number of hydrogen-bond acceptors (Lipinski definition) is 7. The van der Waals surface area contributed by atoms with Crippen LogP contribution in [-0.2, 0) is 19.5 Å². The van der Waals surface area contributed by atoms with E-state index >= 15 is 0 Å². The summed E-state index contributed by atoms with van der Waals surface area (Å²) in [6.07, 6.45) is 2.52. The molecule has 30 heavy (non-hydrogen) atoms. The fraction of sp³-hybridized carbons (Fsp3) is 0.650. The van der Waals surface area contributed by atoms with Crippen LogP contribution < -0.4 is 10.0 Å². The van der Waals surface area contributed by atoms with Gasteiger partial charge in [0.05, 0.1) is 29.8 Å². The number of hydrogen-bond donors (Lipinski definition) is 1. The number of primary sulfonamides is 1. The van der Waals surface area contributed by atoms with Gasteiger partial charge in [0.15, 0.2) is 0 Å². The van der Waals surface area contributed by atoms with Crippen molar-refractivity contribution in [3.05, 3.63) is 23.8 Å². The highest BCUT2D eigenvalue weighted by atomic mass is 32.2. The number of sulfonamides is 1. The van der Waals surface area contributed by atoms with Gasteiger partial charge in [-0.05, 0) is 31.0 Å². The van der Waals surface area contributed by atoms with Gasteiger partial charge in [-0.3, -0.25) is 9.69 Å². The number of nitrogens with zero attached hydrogens (tertiary/aromatic N) is 3. The highest BCUT2D eigenvalue weighted by Crippen LogP contribution is 2.27. The predicted molar refractivity (Wildman–Crippen MR) is 112 cm³/mol.